The summed E-state index contributed by atoms with van der Waals surface area (Å²) in [7, 11) is 1.72. The Hall–Kier alpha value is -1.69. The molecule has 0 fully saturated rings. The van der Waals surface area contributed by atoms with Crippen LogP contribution in [0.1, 0.15) is 25.8 Å². The van der Waals surface area contributed by atoms with Crippen LogP contribution in [-0.4, -0.2) is 49.6 Å². The summed E-state index contributed by atoms with van der Waals surface area (Å²) in [6.45, 7) is 6.16. The summed E-state index contributed by atoms with van der Waals surface area (Å²) in [5.74, 6) is 0.741. The largest absolute Gasteiger partial charge is 0.355 e. The summed E-state index contributed by atoms with van der Waals surface area (Å²) in [5.41, 5.74) is 2.29. The van der Waals surface area contributed by atoms with Crippen LogP contribution in [0.2, 0.25) is 0 Å². The third-order valence-corrected chi connectivity index (χ3v) is 5.53. The van der Waals surface area contributed by atoms with Gasteiger partial charge < -0.3 is 15.5 Å². The van der Waals surface area contributed by atoms with Crippen molar-refractivity contribution in [2.75, 3.05) is 37.8 Å². The first-order chi connectivity index (χ1) is 11.5. The molecule has 132 valence electrons. The first kappa shape index (κ1) is 18.6. The minimum Gasteiger partial charge on any atom is -0.355 e. The van der Waals surface area contributed by atoms with Crippen molar-refractivity contribution >= 4 is 29.3 Å². The highest BCUT2D eigenvalue weighted by atomic mass is 32.2. The van der Waals surface area contributed by atoms with Crippen molar-refractivity contribution in [1.82, 2.24) is 10.6 Å². The van der Waals surface area contributed by atoms with Gasteiger partial charge in [-0.3, -0.25) is 9.79 Å². The number of thioether (sulfide) groups is 1. The summed E-state index contributed by atoms with van der Waals surface area (Å²) >= 11 is 1.80. The summed E-state index contributed by atoms with van der Waals surface area (Å²) in [5, 5.41) is 6.42. The molecule has 1 aromatic carbocycles. The van der Waals surface area contributed by atoms with Gasteiger partial charge in [-0.15, -0.1) is 0 Å². The number of carbonyl (C=O) groups is 1. The molecule has 0 spiro atoms. The Labute approximate surface area is 149 Å². The fraction of sp³-hybridized carbons (Fsp3) is 0.556. The van der Waals surface area contributed by atoms with Crippen LogP contribution in [0, 0.1) is 0 Å². The number of nitrogens with one attached hydrogen (secondary N) is 2. The second-order valence-electron chi connectivity index (χ2n) is 6.52. The minimum atomic E-state index is 0.0780. The summed E-state index contributed by atoms with van der Waals surface area (Å²) in [6, 6.07) is 8.15. The van der Waals surface area contributed by atoms with Gasteiger partial charge in [-0.2, -0.15) is 11.8 Å². The van der Waals surface area contributed by atoms with Crippen LogP contribution in [0.4, 0.5) is 5.69 Å². The quantitative estimate of drug-likeness (QED) is 0.633. The number of carbonyl (C=O) groups excluding carboxylic acids is 1. The molecule has 1 aliphatic rings. The van der Waals surface area contributed by atoms with Crippen LogP contribution >= 0.6 is 11.8 Å². The third-order valence-electron chi connectivity index (χ3n) is 4.28. The highest BCUT2D eigenvalue weighted by Gasteiger charge is 2.22. The van der Waals surface area contributed by atoms with Gasteiger partial charge in [0.15, 0.2) is 5.96 Å². The van der Waals surface area contributed by atoms with E-state index in [0.717, 1.165) is 31.6 Å². The molecule has 2 rings (SSSR count). The van der Waals surface area contributed by atoms with Crippen molar-refractivity contribution < 1.29 is 4.79 Å². The molecule has 5 nitrogen and oxygen atoms in total. The number of para-hydroxylation sites is 1. The molecule has 1 aromatic rings. The van der Waals surface area contributed by atoms with Gasteiger partial charge in [-0.1, -0.05) is 18.2 Å². The highest BCUT2D eigenvalue weighted by Crippen LogP contribution is 2.26. The van der Waals surface area contributed by atoms with E-state index < -0.39 is 0 Å². The van der Waals surface area contributed by atoms with E-state index in [9.17, 15) is 4.79 Å². The maximum Gasteiger partial charge on any atom is 0.246 e. The van der Waals surface area contributed by atoms with Crippen molar-refractivity contribution in [3.8, 4) is 0 Å². The lowest BCUT2D eigenvalue weighted by molar-refractivity contribution is -0.117. The third kappa shape index (κ3) is 4.90. The van der Waals surface area contributed by atoms with E-state index in [1.165, 1.54) is 5.56 Å². The zero-order chi connectivity index (χ0) is 17.6. The number of hydrogen-bond acceptors (Lipinski definition) is 3. The van der Waals surface area contributed by atoms with E-state index in [1.807, 2.05) is 23.1 Å². The van der Waals surface area contributed by atoms with Crippen LogP contribution < -0.4 is 15.5 Å². The zero-order valence-electron chi connectivity index (χ0n) is 15.1. The summed E-state index contributed by atoms with van der Waals surface area (Å²) in [4.78, 5) is 18.7. The second kappa shape index (κ2) is 8.42. The lowest BCUT2D eigenvalue weighted by atomic mass is 10.0. The highest BCUT2D eigenvalue weighted by molar-refractivity contribution is 7.99. The Bertz CT molecular complexity index is 600. The van der Waals surface area contributed by atoms with Gasteiger partial charge in [-0.05, 0) is 44.6 Å². The van der Waals surface area contributed by atoms with Crippen molar-refractivity contribution in [2.45, 2.75) is 31.4 Å². The smallest absolute Gasteiger partial charge is 0.246 e. The monoisotopic (exact) mass is 348 g/mol. The van der Waals surface area contributed by atoms with Crippen LogP contribution in [0.15, 0.2) is 29.3 Å². The van der Waals surface area contributed by atoms with Crippen molar-refractivity contribution in [3.05, 3.63) is 29.8 Å². The van der Waals surface area contributed by atoms with Crippen LogP contribution in [0.5, 0.6) is 0 Å². The Morgan fingerprint density at radius 1 is 1.33 bits per heavy atom. The molecule has 2 N–H and O–H groups in total. The molecule has 0 radical (unpaired) electrons. The standard InChI is InChI=1S/C18H28N4OS/c1-18(2,24-4)13-21-17(19-3)20-12-16(23)22-11-7-9-14-8-5-6-10-15(14)22/h5-6,8,10H,7,9,11-13H2,1-4H3,(H2,19,20,21). The Morgan fingerprint density at radius 3 is 2.79 bits per heavy atom. The number of fused-ring (bicyclic) bond motifs is 1. The van der Waals surface area contributed by atoms with E-state index in [4.69, 9.17) is 0 Å². The fourth-order valence-electron chi connectivity index (χ4n) is 2.64. The molecule has 0 saturated heterocycles. The number of amides is 1. The maximum absolute atomic E-state index is 12.6. The molecule has 24 heavy (non-hydrogen) atoms. The van der Waals surface area contributed by atoms with E-state index in [-0.39, 0.29) is 17.2 Å². The average Bonchev–Trinajstić information content (AvgIpc) is 2.61. The SMILES string of the molecule is CN=C(NCC(=O)N1CCCc2ccccc21)NCC(C)(C)SC. The molecule has 0 aromatic heterocycles. The molecule has 0 aliphatic carbocycles. The molecule has 0 atom stereocenters. The van der Waals surface area contributed by atoms with E-state index >= 15 is 0 Å². The normalized spacial score (nSPS) is 15.0. The van der Waals surface area contributed by atoms with Gasteiger partial charge in [0.25, 0.3) is 0 Å². The number of rotatable bonds is 5. The summed E-state index contributed by atoms with van der Waals surface area (Å²) < 4.78 is 0.118. The molecule has 1 amide bonds. The number of benzene rings is 1. The summed E-state index contributed by atoms with van der Waals surface area (Å²) in [6.07, 6.45) is 4.15. The molecule has 6 heteroatoms. The number of nitrogens with zero attached hydrogens (tertiary/aromatic N) is 2. The average molecular weight is 349 g/mol. The topological polar surface area (TPSA) is 56.7 Å². The van der Waals surface area contributed by atoms with Gasteiger partial charge in [0, 0.05) is 30.6 Å². The lowest BCUT2D eigenvalue weighted by Crippen LogP contribution is -2.48. The molecular weight excluding hydrogens is 320 g/mol. The van der Waals surface area contributed by atoms with E-state index in [0.29, 0.717) is 5.96 Å². The molecular formula is C18H28N4OS. The zero-order valence-corrected chi connectivity index (χ0v) is 15.9. The first-order valence-electron chi connectivity index (χ1n) is 8.35. The van der Waals surface area contributed by atoms with E-state index in [2.05, 4.69) is 41.8 Å². The molecule has 0 saturated carbocycles. The van der Waals surface area contributed by atoms with Crippen LogP contribution in [0.3, 0.4) is 0 Å². The van der Waals surface area contributed by atoms with Gasteiger partial charge in [-0.25, -0.2) is 0 Å². The van der Waals surface area contributed by atoms with Gasteiger partial charge >= 0.3 is 0 Å². The van der Waals surface area contributed by atoms with E-state index in [1.54, 1.807) is 18.8 Å². The van der Waals surface area contributed by atoms with Crippen molar-refractivity contribution in [1.29, 1.82) is 0 Å². The number of guanidine groups is 1. The predicted molar refractivity (Wildman–Crippen MR) is 104 cm³/mol. The number of aliphatic imine (C=N–C) groups is 1. The van der Waals surface area contributed by atoms with Gasteiger partial charge in [0.05, 0.1) is 6.54 Å². The molecule has 1 aliphatic heterocycles. The Morgan fingerprint density at radius 2 is 2.08 bits per heavy atom. The Balaban J connectivity index is 1.91. The van der Waals surface area contributed by atoms with Crippen LogP contribution in [0.25, 0.3) is 0 Å². The lowest BCUT2D eigenvalue weighted by Gasteiger charge is -2.30. The number of anilines is 1. The molecule has 1 heterocycles. The maximum atomic E-state index is 12.6. The first-order valence-corrected chi connectivity index (χ1v) is 9.57. The fourth-order valence-corrected chi connectivity index (χ4v) is 2.85. The minimum absolute atomic E-state index is 0.0780. The van der Waals surface area contributed by atoms with Gasteiger partial charge in [0.2, 0.25) is 5.91 Å². The second-order valence-corrected chi connectivity index (χ2v) is 8.03. The Kier molecular flexibility index (Phi) is 6.54. The molecule has 0 bridgehead atoms. The van der Waals surface area contributed by atoms with Gasteiger partial charge in [0.1, 0.15) is 0 Å². The van der Waals surface area contributed by atoms with Crippen molar-refractivity contribution in [2.24, 2.45) is 4.99 Å². The van der Waals surface area contributed by atoms with Crippen LogP contribution in [-0.2, 0) is 11.2 Å². The number of hydrogen-bond donors (Lipinski definition) is 2. The predicted octanol–water partition coefficient (Wildman–Crippen LogP) is 2.27. The number of aryl methyl sites for hydroxylation is 1. The van der Waals surface area contributed by atoms with Crippen molar-refractivity contribution in [3.63, 3.8) is 0 Å². The molecule has 0 unspecified atom stereocenters.